The third-order valence-corrected chi connectivity index (χ3v) is 5.58. The Kier molecular flexibility index (Phi) is 4.75. The van der Waals surface area contributed by atoms with Crippen LogP contribution in [-0.2, 0) is 9.53 Å². The van der Waals surface area contributed by atoms with Crippen molar-refractivity contribution in [2.24, 2.45) is 17.1 Å². The fraction of sp³-hybridized carbons (Fsp3) is 0.938. The van der Waals surface area contributed by atoms with Crippen molar-refractivity contribution in [3.05, 3.63) is 0 Å². The molecule has 0 radical (unpaired) electrons. The molecular formula is C16H30N2O2. The highest BCUT2D eigenvalue weighted by Crippen LogP contribution is 2.40. The van der Waals surface area contributed by atoms with Crippen LogP contribution in [0.4, 0.5) is 0 Å². The molecule has 1 saturated carbocycles. The van der Waals surface area contributed by atoms with Crippen molar-refractivity contribution in [3.63, 3.8) is 0 Å². The smallest absolute Gasteiger partial charge is 0.242 e. The Hall–Kier alpha value is -0.610. The summed E-state index contributed by atoms with van der Waals surface area (Å²) in [5, 5.41) is 3.15. The molecule has 2 rings (SSSR count). The van der Waals surface area contributed by atoms with E-state index in [9.17, 15) is 4.79 Å². The van der Waals surface area contributed by atoms with Crippen molar-refractivity contribution >= 4 is 5.91 Å². The lowest BCUT2D eigenvalue weighted by atomic mass is 9.69. The first-order valence-corrected chi connectivity index (χ1v) is 8.05. The number of carbonyl (C=O) groups is 1. The van der Waals surface area contributed by atoms with Gasteiger partial charge < -0.3 is 15.8 Å². The lowest BCUT2D eigenvalue weighted by Gasteiger charge is -2.39. The van der Waals surface area contributed by atoms with Gasteiger partial charge in [0.2, 0.25) is 5.91 Å². The molecule has 4 nitrogen and oxygen atoms in total. The largest absolute Gasteiger partial charge is 0.379 e. The van der Waals surface area contributed by atoms with E-state index in [-0.39, 0.29) is 5.91 Å². The summed E-state index contributed by atoms with van der Waals surface area (Å²) in [6.45, 7) is 7.95. The zero-order chi connectivity index (χ0) is 14.8. The number of ether oxygens (including phenoxy) is 1. The predicted molar refractivity (Wildman–Crippen MR) is 80.3 cm³/mol. The molecule has 1 saturated heterocycles. The molecule has 4 heteroatoms. The molecule has 20 heavy (non-hydrogen) atoms. The minimum absolute atomic E-state index is 0.0202. The Balaban J connectivity index is 1.81. The normalized spacial score (nSPS) is 35.0. The lowest BCUT2D eigenvalue weighted by molar-refractivity contribution is -0.127. The molecule has 1 amide bonds. The lowest BCUT2D eigenvalue weighted by Crippen LogP contribution is -2.57. The summed E-state index contributed by atoms with van der Waals surface area (Å²) in [4.78, 5) is 12.3. The van der Waals surface area contributed by atoms with Crippen LogP contribution in [-0.4, -0.2) is 30.7 Å². The number of rotatable bonds is 4. The number of amides is 1. The Morgan fingerprint density at radius 1 is 1.35 bits per heavy atom. The highest BCUT2D eigenvalue weighted by molar-refractivity contribution is 5.86. The van der Waals surface area contributed by atoms with E-state index < -0.39 is 5.54 Å². The van der Waals surface area contributed by atoms with Gasteiger partial charge in [0.05, 0.1) is 6.61 Å². The van der Waals surface area contributed by atoms with E-state index in [2.05, 4.69) is 26.1 Å². The molecule has 2 fully saturated rings. The van der Waals surface area contributed by atoms with Gasteiger partial charge >= 0.3 is 0 Å². The van der Waals surface area contributed by atoms with Crippen LogP contribution < -0.4 is 11.1 Å². The zero-order valence-electron chi connectivity index (χ0n) is 13.2. The number of nitrogens with one attached hydrogen (secondary N) is 1. The molecule has 1 unspecified atom stereocenters. The van der Waals surface area contributed by atoms with Gasteiger partial charge in [-0.05, 0) is 43.4 Å². The van der Waals surface area contributed by atoms with Crippen molar-refractivity contribution in [3.8, 4) is 0 Å². The van der Waals surface area contributed by atoms with Gasteiger partial charge in [0.25, 0.3) is 0 Å². The molecule has 3 N–H and O–H groups in total. The molecule has 0 aromatic heterocycles. The second-order valence-corrected chi connectivity index (χ2v) is 7.32. The van der Waals surface area contributed by atoms with E-state index in [0.717, 1.165) is 18.8 Å². The van der Waals surface area contributed by atoms with Crippen molar-refractivity contribution in [1.29, 1.82) is 0 Å². The molecule has 0 spiro atoms. The third-order valence-electron chi connectivity index (χ3n) is 5.58. The molecule has 116 valence electrons. The Morgan fingerprint density at radius 3 is 2.50 bits per heavy atom. The van der Waals surface area contributed by atoms with Gasteiger partial charge in [-0.3, -0.25) is 4.79 Å². The van der Waals surface area contributed by atoms with Crippen LogP contribution in [0.2, 0.25) is 0 Å². The van der Waals surface area contributed by atoms with Crippen LogP contribution in [0.5, 0.6) is 0 Å². The fourth-order valence-electron chi connectivity index (χ4n) is 3.40. The Morgan fingerprint density at radius 2 is 2.00 bits per heavy atom. The summed E-state index contributed by atoms with van der Waals surface area (Å²) < 4.78 is 5.26. The molecule has 0 bridgehead atoms. The maximum Gasteiger partial charge on any atom is 0.242 e. The van der Waals surface area contributed by atoms with Crippen molar-refractivity contribution in [1.82, 2.24) is 5.32 Å². The van der Waals surface area contributed by atoms with Crippen LogP contribution >= 0.6 is 0 Å². The van der Waals surface area contributed by atoms with Gasteiger partial charge in [0.15, 0.2) is 0 Å². The maximum absolute atomic E-state index is 12.3. The first-order valence-electron chi connectivity index (χ1n) is 8.05. The second-order valence-electron chi connectivity index (χ2n) is 7.32. The number of carbonyl (C=O) groups excluding carboxylic acids is 1. The van der Waals surface area contributed by atoms with Gasteiger partial charge in [-0.25, -0.2) is 0 Å². The molecule has 1 aliphatic heterocycles. The molecule has 1 aliphatic carbocycles. The van der Waals surface area contributed by atoms with Gasteiger partial charge in [-0.1, -0.05) is 27.2 Å². The van der Waals surface area contributed by atoms with Crippen LogP contribution in [0.1, 0.15) is 59.3 Å². The zero-order valence-corrected chi connectivity index (χ0v) is 13.2. The van der Waals surface area contributed by atoms with Crippen LogP contribution in [0.3, 0.4) is 0 Å². The highest BCUT2D eigenvalue weighted by Gasteiger charge is 2.40. The van der Waals surface area contributed by atoms with Crippen LogP contribution in [0, 0.1) is 11.3 Å². The minimum Gasteiger partial charge on any atom is -0.379 e. The topological polar surface area (TPSA) is 64.4 Å². The van der Waals surface area contributed by atoms with E-state index in [1.807, 2.05) is 0 Å². The monoisotopic (exact) mass is 282 g/mol. The van der Waals surface area contributed by atoms with Crippen molar-refractivity contribution in [2.45, 2.75) is 70.9 Å². The SMILES string of the molecule is CCC(C)(C)C1CCC(NC(=O)C2(N)CCOC2)CC1. The molecule has 1 heterocycles. The minimum atomic E-state index is -0.792. The van der Waals surface area contributed by atoms with Gasteiger partial charge in [0.1, 0.15) is 5.54 Å². The summed E-state index contributed by atoms with van der Waals surface area (Å²) in [6.07, 6.45) is 6.43. The fourth-order valence-corrected chi connectivity index (χ4v) is 3.40. The molecule has 1 atom stereocenters. The second kappa shape index (κ2) is 6.02. The predicted octanol–water partition coefficient (Wildman–Crippen LogP) is 2.22. The van der Waals surface area contributed by atoms with E-state index in [0.29, 0.717) is 31.1 Å². The molecular weight excluding hydrogens is 252 g/mol. The average Bonchev–Trinajstić information content (AvgIpc) is 2.88. The van der Waals surface area contributed by atoms with Gasteiger partial charge in [-0.2, -0.15) is 0 Å². The summed E-state index contributed by atoms with van der Waals surface area (Å²) in [5.74, 6) is 0.760. The van der Waals surface area contributed by atoms with E-state index >= 15 is 0 Å². The Labute approximate surface area is 122 Å². The Bertz CT molecular complexity index is 340. The first-order chi connectivity index (χ1) is 9.37. The van der Waals surface area contributed by atoms with E-state index in [1.165, 1.54) is 19.3 Å². The van der Waals surface area contributed by atoms with E-state index in [1.54, 1.807) is 0 Å². The van der Waals surface area contributed by atoms with Crippen LogP contribution in [0.25, 0.3) is 0 Å². The van der Waals surface area contributed by atoms with Crippen molar-refractivity contribution in [2.75, 3.05) is 13.2 Å². The average molecular weight is 282 g/mol. The summed E-state index contributed by atoms with van der Waals surface area (Å²) in [6, 6.07) is 0.299. The summed E-state index contributed by atoms with van der Waals surface area (Å²) >= 11 is 0. The van der Waals surface area contributed by atoms with E-state index in [4.69, 9.17) is 10.5 Å². The van der Waals surface area contributed by atoms with Gasteiger partial charge in [-0.15, -0.1) is 0 Å². The molecule has 0 aromatic rings. The van der Waals surface area contributed by atoms with Gasteiger partial charge in [0, 0.05) is 12.6 Å². The number of hydrogen-bond acceptors (Lipinski definition) is 3. The molecule has 0 aromatic carbocycles. The standard InChI is InChI=1S/C16H30N2O2/c1-4-15(2,3)12-5-7-13(8-6-12)18-14(19)16(17)9-10-20-11-16/h12-13H,4-11,17H2,1-3H3,(H,18,19). The quantitative estimate of drug-likeness (QED) is 0.831. The number of nitrogens with two attached hydrogens (primary N) is 1. The summed E-state index contributed by atoms with van der Waals surface area (Å²) in [7, 11) is 0. The van der Waals surface area contributed by atoms with Crippen molar-refractivity contribution < 1.29 is 9.53 Å². The third kappa shape index (κ3) is 3.34. The first kappa shape index (κ1) is 15.8. The maximum atomic E-state index is 12.3. The highest BCUT2D eigenvalue weighted by atomic mass is 16.5. The molecule has 2 aliphatic rings. The number of hydrogen-bond donors (Lipinski definition) is 2. The summed E-state index contributed by atoms with van der Waals surface area (Å²) in [5.41, 5.74) is 5.73. The van der Waals surface area contributed by atoms with Crippen LogP contribution in [0.15, 0.2) is 0 Å².